The molecule has 0 aliphatic carbocycles. The summed E-state index contributed by atoms with van der Waals surface area (Å²) in [6.07, 6.45) is 0. The third-order valence-corrected chi connectivity index (χ3v) is 2.11. The molecule has 3 N–H and O–H groups in total. The Hall–Kier alpha value is -1.30. The van der Waals surface area contributed by atoms with Crippen molar-refractivity contribution in [3.63, 3.8) is 0 Å². The van der Waals surface area contributed by atoms with Crippen molar-refractivity contribution < 1.29 is 0 Å². The summed E-state index contributed by atoms with van der Waals surface area (Å²) in [4.78, 5) is 3.91. The van der Waals surface area contributed by atoms with Crippen molar-refractivity contribution in [2.75, 3.05) is 5.43 Å². The van der Waals surface area contributed by atoms with Crippen molar-refractivity contribution in [2.24, 2.45) is 5.84 Å². The lowest BCUT2D eigenvalue weighted by molar-refractivity contribution is 0.691. The first-order chi connectivity index (χ1) is 7.29. The molecule has 7 heteroatoms. The van der Waals surface area contributed by atoms with E-state index in [0.717, 1.165) is 5.56 Å². The van der Waals surface area contributed by atoms with E-state index in [0.29, 0.717) is 12.5 Å². The average molecular weight is 260 g/mol. The number of nitrogens with one attached hydrogen (secondary N) is 1. The summed E-state index contributed by atoms with van der Waals surface area (Å²) >= 11 is 5.67. The van der Waals surface area contributed by atoms with Crippen LogP contribution in [0, 0.1) is 0 Å². The molecule has 5 nitrogen and oxygen atoms in total. The predicted octanol–water partition coefficient (Wildman–Crippen LogP) is 1.69. The van der Waals surface area contributed by atoms with Gasteiger partial charge in [0.1, 0.15) is 0 Å². The van der Waals surface area contributed by atoms with Crippen LogP contribution in [0.4, 0.5) is 5.95 Å². The van der Waals surface area contributed by atoms with Gasteiger partial charge in [-0.3, -0.25) is 5.43 Å². The normalized spacial score (nSPS) is 9.62. The molecule has 0 aliphatic heterocycles. The van der Waals surface area contributed by atoms with E-state index in [4.69, 9.17) is 17.4 Å². The lowest BCUT2D eigenvalue weighted by Crippen LogP contribution is -2.14. The van der Waals surface area contributed by atoms with Crippen LogP contribution in [0.1, 0.15) is 5.56 Å². The Kier molecular flexibility index (Phi) is 4.54. The van der Waals surface area contributed by atoms with Crippen molar-refractivity contribution in [3.8, 4) is 0 Å². The van der Waals surface area contributed by atoms with Gasteiger partial charge in [-0.25, -0.2) is 10.5 Å². The van der Waals surface area contributed by atoms with Gasteiger partial charge in [-0.1, -0.05) is 30.3 Å². The number of aromatic nitrogens is 3. The summed E-state index contributed by atoms with van der Waals surface area (Å²) in [5, 5.41) is 4.18. The second kappa shape index (κ2) is 5.69. The van der Waals surface area contributed by atoms with E-state index in [9.17, 15) is 0 Å². The van der Waals surface area contributed by atoms with Gasteiger partial charge in [0.25, 0.3) is 0 Å². The second-order valence-electron chi connectivity index (χ2n) is 2.99. The van der Waals surface area contributed by atoms with Crippen LogP contribution in [-0.2, 0) is 6.54 Å². The monoisotopic (exact) mass is 259 g/mol. The van der Waals surface area contributed by atoms with Gasteiger partial charge in [0.05, 0.1) is 6.54 Å². The highest BCUT2D eigenvalue weighted by atomic mass is 35.5. The number of anilines is 1. The standard InChI is InChI=1S/C9H10ClN5.ClH/c10-8-12-9(13-11)15(14-8)6-7-4-2-1-3-5-7;/h1-5H,6,11H2,(H,12,13,14);1H. The smallest absolute Gasteiger partial charge is 0.244 e. The van der Waals surface area contributed by atoms with Crippen LogP contribution < -0.4 is 11.3 Å². The zero-order valence-electron chi connectivity index (χ0n) is 8.30. The lowest BCUT2D eigenvalue weighted by atomic mass is 10.2. The fraction of sp³-hybridized carbons (Fsp3) is 0.111. The number of nitrogens with zero attached hydrogens (tertiary/aromatic N) is 3. The van der Waals surface area contributed by atoms with Crippen LogP contribution in [0.25, 0.3) is 0 Å². The van der Waals surface area contributed by atoms with E-state index in [1.807, 2.05) is 30.3 Å². The largest absolute Gasteiger partial charge is 0.292 e. The second-order valence-corrected chi connectivity index (χ2v) is 3.33. The zero-order valence-corrected chi connectivity index (χ0v) is 9.87. The molecule has 0 amide bonds. The summed E-state index contributed by atoms with van der Waals surface area (Å²) in [6, 6.07) is 9.87. The van der Waals surface area contributed by atoms with Crippen molar-refractivity contribution in [1.82, 2.24) is 14.8 Å². The number of nitrogens with two attached hydrogens (primary N) is 1. The lowest BCUT2D eigenvalue weighted by Gasteiger charge is -2.04. The number of nitrogen functional groups attached to an aromatic ring is 1. The average Bonchev–Trinajstić information content (AvgIpc) is 2.60. The van der Waals surface area contributed by atoms with Gasteiger partial charge in [0.2, 0.25) is 11.2 Å². The molecule has 0 saturated carbocycles. The van der Waals surface area contributed by atoms with Crippen LogP contribution in [-0.4, -0.2) is 14.8 Å². The quantitative estimate of drug-likeness (QED) is 0.650. The van der Waals surface area contributed by atoms with E-state index in [-0.39, 0.29) is 17.7 Å². The first-order valence-corrected chi connectivity index (χ1v) is 4.78. The van der Waals surface area contributed by atoms with Crippen molar-refractivity contribution in [2.45, 2.75) is 6.54 Å². The number of hydrazine groups is 1. The van der Waals surface area contributed by atoms with Crippen LogP contribution >= 0.6 is 24.0 Å². The van der Waals surface area contributed by atoms with Gasteiger partial charge in [0, 0.05) is 0 Å². The molecule has 1 aromatic carbocycles. The predicted molar refractivity (Wildman–Crippen MR) is 65.6 cm³/mol. The van der Waals surface area contributed by atoms with E-state index in [2.05, 4.69) is 15.5 Å². The van der Waals surface area contributed by atoms with E-state index in [1.165, 1.54) is 0 Å². The summed E-state index contributed by atoms with van der Waals surface area (Å²) in [5.41, 5.74) is 3.55. The maximum atomic E-state index is 5.67. The van der Waals surface area contributed by atoms with Crippen molar-refractivity contribution in [3.05, 3.63) is 41.2 Å². The Balaban J connectivity index is 0.00000128. The van der Waals surface area contributed by atoms with E-state index in [1.54, 1.807) is 4.68 Å². The van der Waals surface area contributed by atoms with Crippen LogP contribution in [0.2, 0.25) is 5.28 Å². The number of halogens is 2. The van der Waals surface area contributed by atoms with Crippen LogP contribution in [0.15, 0.2) is 30.3 Å². The van der Waals surface area contributed by atoms with Gasteiger partial charge in [0.15, 0.2) is 0 Å². The first-order valence-electron chi connectivity index (χ1n) is 4.40. The van der Waals surface area contributed by atoms with Crippen molar-refractivity contribution >= 4 is 30.0 Å². The van der Waals surface area contributed by atoms with E-state index < -0.39 is 0 Å². The molecule has 0 atom stereocenters. The van der Waals surface area contributed by atoms with Gasteiger partial charge in [-0.05, 0) is 17.2 Å². The van der Waals surface area contributed by atoms with Crippen LogP contribution in [0.3, 0.4) is 0 Å². The van der Waals surface area contributed by atoms with Gasteiger partial charge in [-0.15, -0.1) is 17.5 Å². The van der Waals surface area contributed by atoms with Gasteiger partial charge in [-0.2, -0.15) is 4.98 Å². The Labute approximate surface area is 104 Å². The number of hydrogen-bond donors (Lipinski definition) is 2. The molecular weight excluding hydrogens is 249 g/mol. The molecule has 0 fully saturated rings. The third kappa shape index (κ3) is 2.85. The van der Waals surface area contributed by atoms with Gasteiger partial charge < -0.3 is 0 Å². The minimum atomic E-state index is 0. The topological polar surface area (TPSA) is 68.8 Å². The molecule has 2 rings (SSSR count). The van der Waals surface area contributed by atoms with Crippen LogP contribution in [0.5, 0.6) is 0 Å². The Bertz CT molecular complexity index is 442. The highest BCUT2D eigenvalue weighted by Gasteiger charge is 2.06. The maximum absolute atomic E-state index is 5.67. The molecule has 0 unspecified atom stereocenters. The number of rotatable bonds is 3. The highest BCUT2D eigenvalue weighted by Crippen LogP contribution is 2.10. The molecule has 2 aromatic rings. The fourth-order valence-corrected chi connectivity index (χ4v) is 1.46. The fourth-order valence-electron chi connectivity index (χ4n) is 1.29. The van der Waals surface area contributed by atoms with E-state index >= 15 is 0 Å². The summed E-state index contributed by atoms with van der Waals surface area (Å²) in [6.45, 7) is 0.583. The maximum Gasteiger partial charge on any atom is 0.244 e. The minimum absolute atomic E-state index is 0. The summed E-state index contributed by atoms with van der Waals surface area (Å²) in [5.74, 6) is 5.73. The van der Waals surface area contributed by atoms with Gasteiger partial charge >= 0.3 is 0 Å². The Morgan fingerprint density at radius 3 is 2.62 bits per heavy atom. The summed E-state index contributed by atoms with van der Waals surface area (Å²) in [7, 11) is 0. The molecular formula is C9H11Cl2N5. The highest BCUT2D eigenvalue weighted by molar-refractivity contribution is 6.28. The minimum Gasteiger partial charge on any atom is -0.292 e. The summed E-state index contributed by atoms with van der Waals surface area (Å²) < 4.78 is 1.61. The molecule has 0 aliphatic rings. The molecule has 0 bridgehead atoms. The molecule has 1 aromatic heterocycles. The Morgan fingerprint density at radius 2 is 2.00 bits per heavy atom. The number of benzene rings is 1. The molecule has 0 spiro atoms. The molecule has 16 heavy (non-hydrogen) atoms. The molecule has 0 radical (unpaired) electrons. The molecule has 86 valence electrons. The third-order valence-electron chi connectivity index (χ3n) is 1.95. The molecule has 1 heterocycles. The SMILES string of the molecule is Cl.NNc1nc(Cl)nn1Cc1ccccc1. The number of hydrogen-bond acceptors (Lipinski definition) is 4. The van der Waals surface area contributed by atoms with Crippen molar-refractivity contribution in [1.29, 1.82) is 0 Å². The Morgan fingerprint density at radius 1 is 1.31 bits per heavy atom. The zero-order chi connectivity index (χ0) is 10.7. The molecule has 0 saturated heterocycles. The first kappa shape index (κ1) is 12.8.